The van der Waals surface area contributed by atoms with Crippen LogP contribution in [0.15, 0.2) is 60.7 Å². The first-order valence-corrected chi connectivity index (χ1v) is 9.93. The topological polar surface area (TPSA) is 9.23 Å². The Hall–Kier alpha value is -1.38. The molecular formula is C20H27OSi. The molecule has 0 unspecified atom stereocenters. The van der Waals surface area contributed by atoms with Gasteiger partial charge in [-0.05, 0) is 16.8 Å². The van der Waals surface area contributed by atoms with E-state index in [0.29, 0.717) is 0 Å². The van der Waals surface area contributed by atoms with Crippen LogP contribution < -0.4 is 10.4 Å². The molecule has 0 saturated heterocycles. The molecule has 2 rings (SSSR count). The molecule has 2 heteroatoms. The van der Waals surface area contributed by atoms with Crippen molar-refractivity contribution in [3.05, 3.63) is 60.7 Å². The highest BCUT2D eigenvalue weighted by atomic mass is 28.3. The fourth-order valence-corrected chi connectivity index (χ4v) is 4.57. The van der Waals surface area contributed by atoms with Gasteiger partial charge in [0.2, 0.25) is 0 Å². The van der Waals surface area contributed by atoms with Crippen LogP contribution in [0.2, 0.25) is 0 Å². The van der Waals surface area contributed by atoms with Gasteiger partial charge in [-0.15, -0.1) is 0 Å². The van der Waals surface area contributed by atoms with Crippen LogP contribution in [-0.4, -0.2) is 15.6 Å². The first kappa shape index (κ1) is 17.0. The minimum absolute atomic E-state index is 0.879. The van der Waals surface area contributed by atoms with Crippen molar-refractivity contribution in [1.29, 1.82) is 0 Å². The minimum atomic E-state index is -1.10. The van der Waals surface area contributed by atoms with Gasteiger partial charge < -0.3 is 4.43 Å². The SMILES string of the molecule is CCCCCCCCO[Si](c1ccccc1)c1ccccc1. The highest BCUT2D eigenvalue weighted by Crippen LogP contribution is 2.05. The van der Waals surface area contributed by atoms with Crippen LogP contribution in [-0.2, 0) is 4.43 Å². The van der Waals surface area contributed by atoms with Crippen molar-refractivity contribution in [2.24, 2.45) is 0 Å². The predicted octanol–water partition coefficient (Wildman–Crippen LogP) is 4.17. The fourth-order valence-electron chi connectivity index (χ4n) is 2.57. The van der Waals surface area contributed by atoms with Gasteiger partial charge in [0, 0.05) is 6.61 Å². The quantitative estimate of drug-likeness (QED) is 0.473. The van der Waals surface area contributed by atoms with Gasteiger partial charge in [-0.2, -0.15) is 0 Å². The van der Waals surface area contributed by atoms with Crippen LogP contribution in [0.25, 0.3) is 0 Å². The molecule has 0 aromatic heterocycles. The van der Waals surface area contributed by atoms with E-state index in [4.69, 9.17) is 4.43 Å². The summed E-state index contributed by atoms with van der Waals surface area (Å²) in [4.78, 5) is 0. The first-order chi connectivity index (χ1) is 10.9. The summed E-state index contributed by atoms with van der Waals surface area (Å²) in [5, 5.41) is 2.68. The molecule has 0 aliphatic heterocycles. The largest absolute Gasteiger partial charge is 0.407 e. The summed E-state index contributed by atoms with van der Waals surface area (Å²) in [6.07, 6.45) is 7.85. The van der Waals surface area contributed by atoms with Crippen molar-refractivity contribution >= 4 is 19.4 Å². The maximum absolute atomic E-state index is 6.32. The molecule has 1 radical (unpaired) electrons. The lowest BCUT2D eigenvalue weighted by Crippen LogP contribution is -2.45. The minimum Gasteiger partial charge on any atom is -0.407 e. The molecule has 0 saturated carbocycles. The zero-order valence-electron chi connectivity index (χ0n) is 13.6. The molecule has 0 amide bonds. The zero-order chi connectivity index (χ0) is 15.5. The molecule has 0 aliphatic carbocycles. The summed E-state index contributed by atoms with van der Waals surface area (Å²) in [5.74, 6) is 0. The molecule has 0 N–H and O–H groups in total. The van der Waals surface area contributed by atoms with E-state index in [1.807, 2.05) is 0 Å². The number of benzene rings is 2. The van der Waals surface area contributed by atoms with E-state index in [2.05, 4.69) is 67.6 Å². The number of hydrogen-bond acceptors (Lipinski definition) is 1. The van der Waals surface area contributed by atoms with Crippen LogP contribution >= 0.6 is 0 Å². The lowest BCUT2D eigenvalue weighted by Gasteiger charge is -2.16. The van der Waals surface area contributed by atoms with Crippen molar-refractivity contribution in [3.63, 3.8) is 0 Å². The van der Waals surface area contributed by atoms with Crippen LogP contribution in [0, 0.1) is 0 Å². The predicted molar refractivity (Wildman–Crippen MR) is 97.2 cm³/mol. The summed E-state index contributed by atoms with van der Waals surface area (Å²) in [7, 11) is -1.10. The van der Waals surface area contributed by atoms with Gasteiger partial charge in [0.15, 0.2) is 0 Å². The second kappa shape index (κ2) is 10.4. The molecule has 2 aromatic carbocycles. The Balaban J connectivity index is 1.87. The Morgan fingerprint density at radius 2 is 1.18 bits per heavy atom. The van der Waals surface area contributed by atoms with E-state index in [1.165, 1.54) is 48.9 Å². The summed E-state index contributed by atoms with van der Waals surface area (Å²) >= 11 is 0. The first-order valence-electron chi connectivity index (χ1n) is 8.52. The van der Waals surface area contributed by atoms with E-state index in [1.54, 1.807) is 0 Å². The van der Waals surface area contributed by atoms with Gasteiger partial charge in [0.1, 0.15) is 0 Å². The molecule has 0 heterocycles. The molecular weight excluding hydrogens is 284 g/mol. The van der Waals surface area contributed by atoms with Crippen molar-refractivity contribution in [3.8, 4) is 0 Å². The fraction of sp³-hybridized carbons (Fsp3) is 0.400. The normalized spacial score (nSPS) is 11.0. The molecule has 1 nitrogen and oxygen atoms in total. The Bertz CT molecular complexity index is 458. The Morgan fingerprint density at radius 3 is 1.73 bits per heavy atom. The molecule has 2 aromatic rings. The maximum atomic E-state index is 6.32. The summed E-state index contributed by atoms with van der Waals surface area (Å²) in [6, 6.07) is 21.4. The third-order valence-electron chi connectivity index (χ3n) is 3.82. The van der Waals surface area contributed by atoms with Gasteiger partial charge in [-0.1, -0.05) is 99.7 Å². The molecule has 117 valence electrons. The van der Waals surface area contributed by atoms with Gasteiger partial charge in [0.05, 0.1) is 0 Å². The lowest BCUT2D eigenvalue weighted by molar-refractivity contribution is 0.318. The van der Waals surface area contributed by atoms with Gasteiger partial charge >= 0.3 is 0 Å². The average Bonchev–Trinajstić information content (AvgIpc) is 2.59. The smallest absolute Gasteiger partial charge is 0.282 e. The molecule has 0 fully saturated rings. The molecule has 0 bridgehead atoms. The Kier molecular flexibility index (Phi) is 8.00. The van der Waals surface area contributed by atoms with Gasteiger partial charge in [-0.3, -0.25) is 0 Å². The van der Waals surface area contributed by atoms with Crippen molar-refractivity contribution in [2.45, 2.75) is 45.4 Å². The Labute approximate surface area is 137 Å². The van der Waals surface area contributed by atoms with E-state index >= 15 is 0 Å². The van der Waals surface area contributed by atoms with Crippen LogP contribution in [0.1, 0.15) is 45.4 Å². The zero-order valence-corrected chi connectivity index (χ0v) is 14.6. The molecule has 0 atom stereocenters. The summed E-state index contributed by atoms with van der Waals surface area (Å²) in [5.41, 5.74) is 0. The maximum Gasteiger partial charge on any atom is 0.282 e. The highest BCUT2D eigenvalue weighted by molar-refractivity contribution is 6.80. The lowest BCUT2D eigenvalue weighted by atomic mass is 10.1. The van der Waals surface area contributed by atoms with Gasteiger partial charge in [0.25, 0.3) is 9.04 Å². The van der Waals surface area contributed by atoms with E-state index in [-0.39, 0.29) is 0 Å². The van der Waals surface area contributed by atoms with Crippen LogP contribution in [0.4, 0.5) is 0 Å². The van der Waals surface area contributed by atoms with Crippen LogP contribution in [0.5, 0.6) is 0 Å². The standard InChI is InChI=1S/C20H27OSi/c1-2-3-4-5-6-13-18-21-22(19-14-9-7-10-15-19)20-16-11-8-12-17-20/h7-12,14-17H,2-6,13,18H2,1H3. The van der Waals surface area contributed by atoms with E-state index in [9.17, 15) is 0 Å². The van der Waals surface area contributed by atoms with E-state index in [0.717, 1.165) is 6.61 Å². The molecule has 0 aliphatic rings. The number of hydrogen-bond donors (Lipinski definition) is 0. The third-order valence-corrected chi connectivity index (χ3v) is 6.02. The van der Waals surface area contributed by atoms with Crippen molar-refractivity contribution in [1.82, 2.24) is 0 Å². The van der Waals surface area contributed by atoms with Crippen molar-refractivity contribution < 1.29 is 4.43 Å². The summed E-state index contributed by atoms with van der Waals surface area (Å²) < 4.78 is 6.32. The highest BCUT2D eigenvalue weighted by Gasteiger charge is 2.18. The Morgan fingerprint density at radius 1 is 0.682 bits per heavy atom. The average molecular weight is 312 g/mol. The monoisotopic (exact) mass is 311 g/mol. The summed E-state index contributed by atoms with van der Waals surface area (Å²) in [6.45, 7) is 3.14. The second-order valence-electron chi connectivity index (χ2n) is 5.68. The molecule has 22 heavy (non-hydrogen) atoms. The third kappa shape index (κ3) is 5.78. The number of unbranched alkanes of at least 4 members (excludes halogenated alkanes) is 5. The van der Waals surface area contributed by atoms with Crippen LogP contribution in [0.3, 0.4) is 0 Å². The van der Waals surface area contributed by atoms with E-state index < -0.39 is 9.04 Å². The van der Waals surface area contributed by atoms with Crippen molar-refractivity contribution in [2.75, 3.05) is 6.61 Å². The molecule has 0 spiro atoms. The van der Waals surface area contributed by atoms with Gasteiger partial charge in [-0.25, -0.2) is 0 Å². The number of rotatable bonds is 10. The second-order valence-corrected chi connectivity index (χ2v) is 7.78.